The third-order valence-electron chi connectivity index (χ3n) is 3.35. The molecule has 0 radical (unpaired) electrons. The second-order valence-electron chi connectivity index (χ2n) is 4.85. The maximum atomic E-state index is 13.5. The van der Waals surface area contributed by atoms with Crippen molar-refractivity contribution in [2.24, 2.45) is 0 Å². The Hall–Kier alpha value is -0.690. The van der Waals surface area contributed by atoms with Gasteiger partial charge in [-0.25, -0.2) is 4.39 Å². The number of aryl methyl sites for hydroxylation is 1. The number of hydrogen-bond donors (Lipinski definition) is 1. The minimum Gasteiger partial charge on any atom is -0.490 e. The van der Waals surface area contributed by atoms with Crippen LogP contribution in [0.15, 0.2) is 18.2 Å². The third-order valence-corrected chi connectivity index (χ3v) is 3.89. The van der Waals surface area contributed by atoms with E-state index in [9.17, 15) is 9.18 Å². The van der Waals surface area contributed by atoms with Crippen LogP contribution < -0.4 is 10.1 Å². The third kappa shape index (κ3) is 4.42. The van der Waals surface area contributed by atoms with Crippen molar-refractivity contribution >= 4 is 26.4 Å². The van der Waals surface area contributed by atoms with Crippen LogP contribution in [-0.4, -0.2) is 23.0 Å². The minimum absolute atomic E-state index is 0.0835. The van der Waals surface area contributed by atoms with Gasteiger partial charge >= 0.3 is 0 Å². The van der Waals surface area contributed by atoms with Crippen molar-refractivity contribution in [1.82, 2.24) is 5.32 Å². The van der Waals surface area contributed by atoms with Crippen molar-refractivity contribution in [2.75, 3.05) is 7.05 Å². The van der Waals surface area contributed by atoms with E-state index in [2.05, 4.69) is 5.32 Å². The Kier molecular flexibility index (Phi) is 5.15. The molecule has 1 aliphatic rings. The second kappa shape index (κ2) is 6.65. The van der Waals surface area contributed by atoms with Gasteiger partial charge in [0.15, 0.2) is 3.79 Å². The lowest BCUT2D eigenvalue weighted by molar-refractivity contribution is -0.109. The number of ether oxygens (including phenoxy) is 1. The van der Waals surface area contributed by atoms with Gasteiger partial charge in [0.2, 0.25) is 0 Å². The maximum Gasteiger partial charge on any atom is 0.192 e. The highest BCUT2D eigenvalue weighted by Crippen LogP contribution is 2.27. The number of halogens is 2. The summed E-state index contributed by atoms with van der Waals surface area (Å²) in [6, 6.07) is 5.20. The zero-order valence-corrected chi connectivity index (χ0v) is 12.9. The van der Waals surface area contributed by atoms with Crippen molar-refractivity contribution in [3.8, 4) is 5.75 Å². The molecular formula is C14H17FINO2. The second-order valence-corrected chi connectivity index (χ2v) is 6.05. The number of nitrogens with one attached hydrogen (secondary N) is 1. The Balaban J connectivity index is 1.95. The normalized spacial score (nSPS) is 21.8. The van der Waals surface area contributed by atoms with Gasteiger partial charge in [0, 0.05) is 18.5 Å². The van der Waals surface area contributed by atoms with Gasteiger partial charge < -0.3 is 10.1 Å². The summed E-state index contributed by atoms with van der Waals surface area (Å²) in [4.78, 5) is 10.9. The molecular weight excluding hydrogens is 360 g/mol. The lowest BCUT2D eigenvalue weighted by Gasteiger charge is -2.35. The maximum absolute atomic E-state index is 13.5. The summed E-state index contributed by atoms with van der Waals surface area (Å²) in [5, 5.41) is 3.18. The van der Waals surface area contributed by atoms with E-state index < -0.39 is 0 Å². The monoisotopic (exact) mass is 377 g/mol. The van der Waals surface area contributed by atoms with Crippen LogP contribution in [0, 0.1) is 5.82 Å². The molecule has 0 aliphatic heterocycles. The average molecular weight is 377 g/mol. The minimum atomic E-state index is -0.308. The van der Waals surface area contributed by atoms with Crippen LogP contribution in [0.25, 0.3) is 0 Å². The Morgan fingerprint density at radius 3 is 2.84 bits per heavy atom. The Labute approximate surface area is 126 Å². The molecule has 1 aliphatic carbocycles. The van der Waals surface area contributed by atoms with Crippen LogP contribution in [0.5, 0.6) is 5.75 Å². The number of carbonyl (C=O) groups excluding carboxylic acids is 1. The van der Waals surface area contributed by atoms with E-state index in [4.69, 9.17) is 4.74 Å². The highest BCUT2D eigenvalue weighted by Gasteiger charge is 2.29. The molecule has 1 fully saturated rings. The van der Waals surface area contributed by atoms with Crippen LogP contribution in [-0.2, 0) is 11.2 Å². The van der Waals surface area contributed by atoms with Gasteiger partial charge in [0.25, 0.3) is 0 Å². The van der Waals surface area contributed by atoms with Crippen molar-refractivity contribution < 1.29 is 13.9 Å². The molecule has 1 N–H and O–H groups in total. The summed E-state index contributed by atoms with van der Waals surface area (Å²) in [5.41, 5.74) is 0.810. The van der Waals surface area contributed by atoms with Gasteiger partial charge in [-0.15, -0.1) is 0 Å². The molecule has 0 amide bonds. The smallest absolute Gasteiger partial charge is 0.192 e. The van der Waals surface area contributed by atoms with E-state index in [1.807, 2.05) is 13.1 Å². The van der Waals surface area contributed by atoms with Gasteiger partial charge in [0.05, 0.1) is 0 Å². The Bertz CT molecular complexity index is 461. The van der Waals surface area contributed by atoms with Crippen LogP contribution in [0.2, 0.25) is 0 Å². The molecule has 104 valence electrons. The van der Waals surface area contributed by atoms with Crippen LogP contribution in [0.4, 0.5) is 4.39 Å². The van der Waals surface area contributed by atoms with E-state index in [-0.39, 0.29) is 15.7 Å². The molecule has 0 aromatic heterocycles. The summed E-state index contributed by atoms with van der Waals surface area (Å²) in [7, 11) is 1.93. The van der Waals surface area contributed by atoms with Crippen molar-refractivity contribution in [3.63, 3.8) is 0 Å². The predicted octanol–water partition coefficient (Wildman–Crippen LogP) is 2.85. The van der Waals surface area contributed by atoms with Crippen LogP contribution in [0.1, 0.15) is 24.8 Å². The van der Waals surface area contributed by atoms with Crippen LogP contribution in [0.3, 0.4) is 0 Å². The fourth-order valence-corrected chi connectivity index (χ4v) is 2.44. The molecule has 0 spiro atoms. The molecule has 1 aromatic rings. The van der Waals surface area contributed by atoms with Gasteiger partial charge in [-0.1, -0.05) is 0 Å². The zero-order valence-electron chi connectivity index (χ0n) is 10.8. The van der Waals surface area contributed by atoms with Gasteiger partial charge in [0.1, 0.15) is 17.7 Å². The molecule has 0 heterocycles. The first-order valence-corrected chi connectivity index (χ1v) is 7.46. The molecule has 19 heavy (non-hydrogen) atoms. The van der Waals surface area contributed by atoms with Gasteiger partial charge in [-0.2, -0.15) is 0 Å². The summed E-state index contributed by atoms with van der Waals surface area (Å²) in [5.74, 6) is 0.258. The summed E-state index contributed by atoms with van der Waals surface area (Å²) in [6.45, 7) is 0. The lowest BCUT2D eigenvalue weighted by Crippen LogP contribution is -2.45. The molecule has 1 saturated carbocycles. The fraction of sp³-hybridized carbons (Fsp3) is 0.500. The molecule has 2 rings (SSSR count). The highest BCUT2D eigenvalue weighted by molar-refractivity contribution is 14.1. The Morgan fingerprint density at radius 2 is 2.21 bits per heavy atom. The van der Waals surface area contributed by atoms with E-state index in [1.165, 1.54) is 12.1 Å². The summed E-state index contributed by atoms with van der Waals surface area (Å²) < 4.78 is 19.3. The van der Waals surface area contributed by atoms with E-state index in [0.717, 1.165) is 18.4 Å². The van der Waals surface area contributed by atoms with Crippen molar-refractivity contribution in [1.29, 1.82) is 0 Å². The molecule has 0 unspecified atom stereocenters. The molecule has 1 aromatic carbocycles. The van der Waals surface area contributed by atoms with E-state index in [1.54, 1.807) is 22.6 Å². The predicted molar refractivity (Wildman–Crippen MR) is 80.2 cm³/mol. The number of benzene rings is 1. The van der Waals surface area contributed by atoms with E-state index >= 15 is 0 Å². The molecule has 0 atom stereocenters. The van der Waals surface area contributed by atoms with Gasteiger partial charge in [-0.05, 0) is 66.6 Å². The lowest BCUT2D eigenvalue weighted by atomic mass is 9.89. The first-order chi connectivity index (χ1) is 9.06. The fourth-order valence-electron chi connectivity index (χ4n) is 2.17. The summed E-state index contributed by atoms with van der Waals surface area (Å²) >= 11 is 1.76. The molecule has 0 saturated heterocycles. The molecule has 0 bridgehead atoms. The first-order valence-electron chi connectivity index (χ1n) is 6.38. The quantitative estimate of drug-likeness (QED) is 0.612. The number of hydrogen-bond acceptors (Lipinski definition) is 3. The first kappa shape index (κ1) is 14.7. The largest absolute Gasteiger partial charge is 0.490 e. The molecule has 5 heteroatoms. The SMILES string of the molecule is CN[C@H]1C[C@@H](Oc2cc(F)cc(CCC(=O)I)c2)C1. The topological polar surface area (TPSA) is 38.3 Å². The number of rotatable bonds is 6. The highest BCUT2D eigenvalue weighted by atomic mass is 127. The van der Waals surface area contributed by atoms with E-state index in [0.29, 0.717) is 24.6 Å². The zero-order chi connectivity index (χ0) is 13.8. The summed E-state index contributed by atoms with van der Waals surface area (Å²) in [6.07, 6.45) is 3.05. The van der Waals surface area contributed by atoms with Gasteiger partial charge in [-0.3, -0.25) is 4.79 Å². The molecule has 3 nitrogen and oxygen atoms in total. The van der Waals surface area contributed by atoms with Crippen LogP contribution >= 0.6 is 22.6 Å². The van der Waals surface area contributed by atoms with Crippen molar-refractivity contribution in [2.45, 2.75) is 37.8 Å². The Morgan fingerprint density at radius 1 is 1.47 bits per heavy atom. The van der Waals surface area contributed by atoms with Crippen molar-refractivity contribution in [3.05, 3.63) is 29.6 Å². The standard InChI is InChI=1S/C14H17FINO2/c1-17-11-7-13(8-11)19-12-5-9(2-3-14(16)18)4-10(15)6-12/h4-6,11,13,17H,2-3,7-8H2,1H3/t11-,13+. The number of carbonyl (C=O) groups is 1. The average Bonchev–Trinajstić information content (AvgIpc) is 2.30.